The number of hydrogen-bond donors (Lipinski definition) is 0. The first-order valence-corrected chi connectivity index (χ1v) is 14.6. The number of carbonyl (C=O) groups is 1. The molecule has 4 aromatic carbocycles. The Morgan fingerprint density at radius 3 is 1.55 bits per heavy atom. The molecule has 0 aromatic heterocycles. The lowest BCUT2D eigenvalue weighted by Crippen LogP contribution is -2.61. The molecule has 1 saturated heterocycles. The lowest BCUT2D eigenvalue weighted by atomic mass is 9.95. The Hall–Kier alpha value is -3.81. The molecule has 0 aliphatic carbocycles. The van der Waals surface area contributed by atoms with Crippen LogP contribution in [0.25, 0.3) is 0 Å². The summed E-state index contributed by atoms with van der Waals surface area (Å²) in [6.07, 6.45) is -0.551. The van der Waals surface area contributed by atoms with Crippen molar-refractivity contribution in [3.05, 3.63) is 144 Å². The fourth-order valence-electron chi connectivity index (χ4n) is 5.21. The van der Waals surface area contributed by atoms with E-state index in [4.69, 9.17) is 18.9 Å². The van der Waals surface area contributed by atoms with Crippen LogP contribution in [0.1, 0.15) is 28.7 Å². The zero-order valence-corrected chi connectivity index (χ0v) is 23.9. The van der Waals surface area contributed by atoms with Gasteiger partial charge in [-0.2, -0.15) is 0 Å². The van der Waals surface area contributed by atoms with Crippen LogP contribution in [0.15, 0.2) is 121 Å². The maximum Gasteiger partial charge on any atom is 0.225 e. The zero-order chi connectivity index (χ0) is 28.8. The highest BCUT2D eigenvalue weighted by atomic mass is 16.5. The number of ether oxygens (including phenoxy) is 4. The van der Waals surface area contributed by atoms with Crippen molar-refractivity contribution in [2.24, 2.45) is 0 Å². The molecule has 1 amide bonds. The van der Waals surface area contributed by atoms with E-state index >= 15 is 0 Å². The van der Waals surface area contributed by atoms with Crippen LogP contribution in [0.5, 0.6) is 0 Å². The number of piperidine rings is 1. The maximum absolute atomic E-state index is 13.6. The van der Waals surface area contributed by atoms with Gasteiger partial charge in [0, 0.05) is 6.54 Å². The van der Waals surface area contributed by atoms with Crippen molar-refractivity contribution in [3.63, 3.8) is 0 Å². The molecular weight excluding hydrogens is 526 g/mol. The number of nitrogens with zero attached hydrogens (tertiary/aromatic N) is 1. The summed E-state index contributed by atoms with van der Waals surface area (Å²) in [5, 5.41) is 0. The van der Waals surface area contributed by atoms with Gasteiger partial charge in [-0.3, -0.25) is 4.79 Å². The Labute approximate surface area is 248 Å². The molecule has 218 valence electrons. The van der Waals surface area contributed by atoms with E-state index in [-0.39, 0.29) is 24.5 Å². The Morgan fingerprint density at radius 1 is 0.571 bits per heavy atom. The standard InChI is InChI=1S/C36H39NO5/c38-35-23-34(41-26-31-17-9-3-10-18-31)36(42-27-32-19-11-4-12-20-32)33(28-40-25-30-15-7-2-8-16-30)37(35)21-22-39-24-29-13-5-1-6-14-29/h1-20,33-34,36H,21-28H2/t33-,34-,36-/m1/s1. The Morgan fingerprint density at radius 2 is 1.02 bits per heavy atom. The molecule has 1 heterocycles. The number of amides is 1. The third kappa shape index (κ3) is 8.84. The maximum atomic E-state index is 13.6. The first-order chi connectivity index (χ1) is 20.8. The van der Waals surface area contributed by atoms with Crippen molar-refractivity contribution in [3.8, 4) is 0 Å². The molecule has 0 radical (unpaired) electrons. The highest BCUT2D eigenvalue weighted by molar-refractivity contribution is 5.78. The third-order valence-corrected chi connectivity index (χ3v) is 7.42. The molecule has 42 heavy (non-hydrogen) atoms. The van der Waals surface area contributed by atoms with Crippen molar-refractivity contribution in [2.45, 2.75) is 51.1 Å². The largest absolute Gasteiger partial charge is 0.375 e. The van der Waals surface area contributed by atoms with Gasteiger partial charge in [-0.05, 0) is 22.3 Å². The fourth-order valence-corrected chi connectivity index (χ4v) is 5.21. The number of likely N-dealkylation sites (tertiary alicyclic amines) is 1. The summed E-state index contributed by atoms with van der Waals surface area (Å²) < 4.78 is 25.2. The Kier molecular flexibility index (Phi) is 11.3. The van der Waals surface area contributed by atoms with E-state index in [2.05, 4.69) is 0 Å². The Balaban J connectivity index is 1.31. The van der Waals surface area contributed by atoms with E-state index in [0.29, 0.717) is 46.2 Å². The summed E-state index contributed by atoms with van der Waals surface area (Å²) >= 11 is 0. The first kappa shape index (κ1) is 29.7. The molecule has 1 aliphatic rings. The quantitative estimate of drug-likeness (QED) is 0.161. The summed E-state index contributed by atoms with van der Waals surface area (Å²) in [7, 11) is 0. The van der Waals surface area contributed by atoms with Crippen LogP contribution in [0.2, 0.25) is 0 Å². The molecule has 1 aliphatic heterocycles. The second-order valence-corrected chi connectivity index (χ2v) is 10.5. The lowest BCUT2D eigenvalue weighted by Gasteiger charge is -2.44. The van der Waals surface area contributed by atoms with Crippen LogP contribution in [0.4, 0.5) is 0 Å². The van der Waals surface area contributed by atoms with E-state index in [0.717, 1.165) is 22.3 Å². The van der Waals surface area contributed by atoms with Crippen molar-refractivity contribution >= 4 is 5.91 Å². The van der Waals surface area contributed by atoms with Gasteiger partial charge in [0.05, 0.1) is 58.2 Å². The van der Waals surface area contributed by atoms with Crippen LogP contribution >= 0.6 is 0 Å². The van der Waals surface area contributed by atoms with Gasteiger partial charge in [0.2, 0.25) is 5.91 Å². The minimum Gasteiger partial charge on any atom is -0.375 e. The van der Waals surface area contributed by atoms with Gasteiger partial charge < -0.3 is 23.8 Å². The molecule has 0 spiro atoms. The summed E-state index contributed by atoms with van der Waals surface area (Å²) in [5.74, 6) is 0.0178. The summed E-state index contributed by atoms with van der Waals surface area (Å²) in [5.41, 5.74) is 4.30. The van der Waals surface area contributed by atoms with Crippen LogP contribution in [-0.2, 0) is 50.2 Å². The van der Waals surface area contributed by atoms with E-state index in [1.165, 1.54) is 0 Å². The molecule has 3 atom stereocenters. The van der Waals surface area contributed by atoms with E-state index in [9.17, 15) is 4.79 Å². The van der Waals surface area contributed by atoms with Crippen LogP contribution in [-0.4, -0.2) is 48.8 Å². The van der Waals surface area contributed by atoms with Gasteiger partial charge in [0.1, 0.15) is 6.10 Å². The molecule has 4 aromatic rings. The molecule has 6 nitrogen and oxygen atoms in total. The summed E-state index contributed by atoms with van der Waals surface area (Å²) in [6, 6.07) is 39.9. The molecular formula is C36H39NO5. The zero-order valence-electron chi connectivity index (χ0n) is 23.9. The SMILES string of the molecule is O=C1C[C@@H](OCc2ccccc2)[C@H](OCc2ccccc2)[C@@H](COCc2ccccc2)N1CCOCc1ccccc1. The summed E-state index contributed by atoms with van der Waals surface area (Å²) in [4.78, 5) is 15.5. The predicted molar refractivity (Wildman–Crippen MR) is 162 cm³/mol. The average molecular weight is 566 g/mol. The lowest BCUT2D eigenvalue weighted by molar-refractivity contribution is -0.178. The van der Waals surface area contributed by atoms with E-state index in [1.54, 1.807) is 0 Å². The van der Waals surface area contributed by atoms with E-state index < -0.39 is 6.10 Å². The minimum atomic E-state index is -0.409. The average Bonchev–Trinajstić information content (AvgIpc) is 3.04. The molecule has 0 bridgehead atoms. The van der Waals surface area contributed by atoms with Crippen LogP contribution in [0, 0.1) is 0 Å². The molecule has 0 unspecified atom stereocenters. The van der Waals surface area contributed by atoms with Gasteiger partial charge in [0.15, 0.2) is 0 Å². The third-order valence-electron chi connectivity index (χ3n) is 7.42. The van der Waals surface area contributed by atoms with Gasteiger partial charge in [-0.15, -0.1) is 0 Å². The minimum absolute atomic E-state index is 0.0178. The van der Waals surface area contributed by atoms with Crippen molar-refractivity contribution in [1.82, 2.24) is 4.90 Å². The smallest absolute Gasteiger partial charge is 0.225 e. The first-order valence-electron chi connectivity index (χ1n) is 14.6. The normalized spacial score (nSPS) is 18.7. The van der Waals surface area contributed by atoms with E-state index in [1.807, 2.05) is 126 Å². The number of hydrogen-bond acceptors (Lipinski definition) is 5. The molecule has 0 saturated carbocycles. The fraction of sp³-hybridized carbons (Fsp3) is 0.306. The summed E-state index contributed by atoms with van der Waals surface area (Å²) in [6.45, 7) is 2.95. The number of rotatable bonds is 15. The molecule has 1 fully saturated rings. The highest BCUT2D eigenvalue weighted by Gasteiger charge is 2.43. The Bertz CT molecular complexity index is 1320. The van der Waals surface area contributed by atoms with Crippen LogP contribution in [0.3, 0.4) is 0 Å². The molecule has 6 heteroatoms. The number of carbonyl (C=O) groups excluding carboxylic acids is 1. The van der Waals surface area contributed by atoms with Crippen molar-refractivity contribution < 1.29 is 23.7 Å². The van der Waals surface area contributed by atoms with Gasteiger partial charge >= 0.3 is 0 Å². The van der Waals surface area contributed by atoms with Gasteiger partial charge in [-0.25, -0.2) is 0 Å². The van der Waals surface area contributed by atoms with Crippen molar-refractivity contribution in [2.75, 3.05) is 19.8 Å². The highest BCUT2D eigenvalue weighted by Crippen LogP contribution is 2.27. The molecule has 5 rings (SSSR count). The van der Waals surface area contributed by atoms with Gasteiger partial charge in [0.25, 0.3) is 0 Å². The van der Waals surface area contributed by atoms with Crippen molar-refractivity contribution in [1.29, 1.82) is 0 Å². The second-order valence-electron chi connectivity index (χ2n) is 10.5. The van der Waals surface area contributed by atoms with Gasteiger partial charge in [-0.1, -0.05) is 121 Å². The number of benzene rings is 4. The topological polar surface area (TPSA) is 57.2 Å². The predicted octanol–water partition coefficient (Wildman–Crippen LogP) is 6.19. The second kappa shape index (κ2) is 16.0. The molecule has 0 N–H and O–H groups in total. The van der Waals surface area contributed by atoms with Crippen LogP contribution < -0.4 is 0 Å². The monoisotopic (exact) mass is 565 g/mol.